The number of anilines is 2. The van der Waals surface area contributed by atoms with Gasteiger partial charge in [-0.05, 0) is 44.5 Å². The number of sulfone groups is 1. The first kappa shape index (κ1) is 21.1. The Bertz CT molecular complexity index is 881. The minimum Gasteiger partial charge on any atom is -0.375 e. The fourth-order valence-corrected chi connectivity index (χ4v) is 7.73. The first-order chi connectivity index (χ1) is 13.3. The fourth-order valence-electron chi connectivity index (χ4n) is 3.80. The number of carbonyl (C=O) groups excluding carboxylic acids is 1. The quantitative estimate of drug-likeness (QED) is 0.690. The van der Waals surface area contributed by atoms with Crippen LogP contribution in [0.15, 0.2) is 23.2 Å². The van der Waals surface area contributed by atoms with E-state index in [0.29, 0.717) is 5.17 Å². The van der Waals surface area contributed by atoms with Gasteiger partial charge in [-0.1, -0.05) is 11.8 Å². The molecule has 3 rings (SSSR count). The van der Waals surface area contributed by atoms with Crippen LogP contribution in [0.1, 0.15) is 19.4 Å². The van der Waals surface area contributed by atoms with Crippen molar-refractivity contribution in [1.82, 2.24) is 0 Å². The van der Waals surface area contributed by atoms with E-state index < -0.39 is 9.84 Å². The summed E-state index contributed by atoms with van der Waals surface area (Å²) in [4.78, 5) is 20.5. The lowest BCUT2D eigenvalue weighted by molar-refractivity contribution is -0.121. The maximum Gasteiger partial charge on any atom is 0.274 e. The fraction of sp³-hybridized carbons (Fsp3) is 0.579. The van der Waals surface area contributed by atoms with E-state index >= 15 is 0 Å². The first-order valence-corrected chi connectivity index (χ1v) is 12.1. The van der Waals surface area contributed by atoms with Crippen LogP contribution in [0.3, 0.4) is 0 Å². The minimum atomic E-state index is -3.09. The molecule has 2 atom stereocenters. The molecule has 154 valence electrons. The van der Waals surface area contributed by atoms with Crippen LogP contribution in [-0.4, -0.2) is 69.1 Å². The van der Waals surface area contributed by atoms with Gasteiger partial charge in [-0.2, -0.15) is 4.99 Å². The van der Waals surface area contributed by atoms with Crippen LogP contribution in [0, 0.1) is 6.92 Å². The summed E-state index contributed by atoms with van der Waals surface area (Å²) in [5.74, 6) is -0.165. The second kappa shape index (κ2) is 8.42. The van der Waals surface area contributed by atoms with E-state index in [4.69, 9.17) is 4.74 Å². The van der Waals surface area contributed by atoms with Crippen LogP contribution < -0.4 is 9.80 Å². The smallest absolute Gasteiger partial charge is 0.274 e. The molecule has 0 aliphatic carbocycles. The molecule has 0 aromatic heterocycles. The molecule has 0 radical (unpaired) electrons. The highest BCUT2D eigenvalue weighted by Gasteiger charge is 2.49. The molecule has 1 aromatic rings. The van der Waals surface area contributed by atoms with Crippen molar-refractivity contribution in [2.24, 2.45) is 4.99 Å². The van der Waals surface area contributed by atoms with Gasteiger partial charge in [0.15, 0.2) is 15.0 Å². The van der Waals surface area contributed by atoms with Gasteiger partial charge in [0.1, 0.15) is 6.61 Å². The Kier molecular flexibility index (Phi) is 6.36. The van der Waals surface area contributed by atoms with E-state index in [1.807, 2.05) is 24.0 Å². The number of thioether (sulfide) groups is 1. The summed E-state index contributed by atoms with van der Waals surface area (Å²) in [5, 5.41) is 0.451. The third-order valence-corrected chi connectivity index (χ3v) is 8.33. The maximum absolute atomic E-state index is 12.2. The van der Waals surface area contributed by atoms with Crippen molar-refractivity contribution in [2.75, 3.05) is 48.1 Å². The summed E-state index contributed by atoms with van der Waals surface area (Å²) < 4.78 is 29.3. The molecule has 9 heteroatoms. The van der Waals surface area contributed by atoms with Gasteiger partial charge in [-0.25, -0.2) is 8.42 Å². The number of amidine groups is 1. The van der Waals surface area contributed by atoms with Crippen LogP contribution in [0.4, 0.5) is 11.4 Å². The van der Waals surface area contributed by atoms with Crippen LogP contribution in [-0.2, 0) is 19.4 Å². The minimum absolute atomic E-state index is 0.0827. The summed E-state index contributed by atoms with van der Waals surface area (Å²) in [5.41, 5.74) is 3.06. The highest BCUT2D eigenvalue weighted by molar-refractivity contribution is 8.16. The van der Waals surface area contributed by atoms with E-state index in [-0.39, 0.29) is 35.3 Å². The van der Waals surface area contributed by atoms with Gasteiger partial charge < -0.3 is 14.5 Å². The van der Waals surface area contributed by atoms with Crippen molar-refractivity contribution in [3.8, 4) is 0 Å². The molecule has 0 spiro atoms. The summed E-state index contributed by atoms with van der Waals surface area (Å²) in [6.07, 6.45) is 0. The zero-order valence-corrected chi connectivity index (χ0v) is 18.3. The number of ether oxygens (including phenoxy) is 1. The third-order valence-electron chi connectivity index (χ3n) is 5.12. The predicted octanol–water partition coefficient (Wildman–Crippen LogP) is 2.09. The van der Waals surface area contributed by atoms with Gasteiger partial charge in [0.2, 0.25) is 0 Å². The second-order valence-electron chi connectivity index (χ2n) is 7.03. The molecule has 28 heavy (non-hydrogen) atoms. The molecule has 2 unspecified atom stereocenters. The SMILES string of the molecule is CCN(CC)c1ccc(N2C(=NC(=O)COC)SC3CS(=O)(=O)CC32)c(C)c1. The summed E-state index contributed by atoms with van der Waals surface area (Å²) >= 11 is 1.38. The third kappa shape index (κ3) is 4.21. The second-order valence-corrected chi connectivity index (χ2v) is 10.4. The van der Waals surface area contributed by atoms with E-state index in [2.05, 4.69) is 29.8 Å². The van der Waals surface area contributed by atoms with Crippen molar-refractivity contribution in [1.29, 1.82) is 0 Å². The van der Waals surface area contributed by atoms with E-state index in [1.54, 1.807) is 0 Å². The number of methoxy groups -OCH3 is 1. The number of nitrogens with zero attached hydrogens (tertiary/aromatic N) is 3. The number of rotatable bonds is 6. The van der Waals surface area contributed by atoms with Crippen LogP contribution in [0.5, 0.6) is 0 Å². The Morgan fingerprint density at radius 2 is 2.04 bits per heavy atom. The average Bonchev–Trinajstić information content (AvgIpc) is 3.08. The van der Waals surface area contributed by atoms with Gasteiger partial charge >= 0.3 is 0 Å². The van der Waals surface area contributed by atoms with Crippen molar-refractivity contribution < 1.29 is 17.9 Å². The molecule has 2 saturated heterocycles. The van der Waals surface area contributed by atoms with Crippen molar-refractivity contribution in [3.05, 3.63) is 23.8 Å². The molecular formula is C19H27N3O4S2. The van der Waals surface area contributed by atoms with Crippen molar-refractivity contribution >= 4 is 44.0 Å². The van der Waals surface area contributed by atoms with Gasteiger partial charge in [-0.3, -0.25) is 4.79 Å². The number of aryl methyl sites for hydroxylation is 1. The lowest BCUT2D eigenvalue weighted by Gasteiger charge is -2.28. The molecule has 7 nitrogen and oxygen atoms in total. The Labute approximate surface area is 171 Å². The number of aliphatic imine (C=N–C) groups is 1. The molecule has 1 aromatic carbocycles. The van der Waals surface area contributed by atoms with Crippen molar-refractivity contribution in [3.63, 3.8) is 0 Å². The molecule has 1 amide bonds. The molecule has 0 bridgehead atoms. The van der Waals surface area contributed by atoms with Crippen molar-refractivity contribution in [2.45, 2.75) is 32.1 Å². The first-order valence-electron chi connectivity index (χ1n) is 9.42. The number of benzene rings is 1. The summed E-state index contributed by atoms with van der Waals surface area (Å²) in [7, 11) is -1.63. The molecule has 0 N–H and O–H groups in total. The van der Waals surface area contributed by atoms with Gasteiger partial charge in [0.05, 0.1) is 17.5 Å². The van der Waals surface area contributed by atoms with E-state index in [9.17, 15) is 13.2 Å². The average molecular weight is 426 g/mol. The van der Waals surface area contributed by atoms with Gasteiger partial charge in [-0.15, -0.1) is 0 Å². The van der Waals surface area contributed by atoms with Crippen LogP contribution in [0.25, 0.3) is 0 Å². The number of amides is 1. The highest BCUT2D eigenvalue weighted by atomic mass is 32.2. The zero-order valence-electron chi connectivity index (χ0n) is 16.7. The Morgan fingerprint density at radius 1 is 1.32 bits per heavy atom. The topological polar surface area (TPSA) is 79.3 Å². The molecule has 0 saturated carbocycles. The number of hydrogen-bond donors (Lipinski definition) is 0. The standard InChI is InChI=1S/C19H27N3O4S2/c1-5-21(6-2)14-7-8-15(13(3)9-14)22-16-11-28(24,25)12-17(16)27-19(22)20-18(23)10-26-4/h7-9,16-17H,5-6,10-12H2,1-4H3. The Balaban J connectivity index is 2.00. The summed E-state index contributed by atoms with van der Waals surface area (Å²) in [6, 6.07) is 5.96. The predicted molar refractivity (Wildman–Crippen MR) is 115 cm³/mol. The lowest BCUT2D eigenvalue weighted by atomic mass is 10.1. The normalized spacial score (nSPS) is 24.6. The van der Waals surface area contributed by atoms with Gasteiger partial charge in [0, 0.05) is 36.8 Å². The van der Waals surface area contributed by atoms with Crippen LogP contribution >= 0.6 is 11.8 Å². The molecule has 2 heterocycles. The van der Waals surface area contributed by atoms with E-state index in [1.165, 1.54) is 18.9 Å². The van der Waals surface area contributed by atoms with E-state index in [0.717, 1.165) is 30.0 Å². The highest BCUT2D eigenvalue weighted by Crippen LogP contribution is 2.42. The largest absolute Gasteiger partial charge is 0.375 e. The Morgan fingerprint density at radius 3 is 2.64 bits per heavy atom. The maximum atomic E-state index is 12.2. The number of hydrogen-bond acceptors (Lipinski definition) is 6. The number of carbonyl (C=O) groups is 1. The lowest BCUT2D eigenvalue weighted by Crippen LogP contribution is -2.38. The summed E-state index contributed by atoms with van der Waals surface area (Å²) in [6.45, 7) is 7.98. The molecule has 2 fully saturated rings. The van der Waals surface area contributed by atoms with Crippen LogP contribution in [0.2, 0.25) is 0 Å². The molecule has 2 aliphatic rings. The number of fused-ring (bicyclic) bond motifs is 1. The molecule has 2 aliphatic heterocycles. The van der Waals surface area contributed by atoms with Gasteiger partial charge in [0.25, 0.3) is 5.91 Å². The Hall–Kier alpha value is -1.58. The molecular weight excluding hydrogens is 398 g/mol. The zero-order chi connectivity index (χ0) is 20.5. The monoisotopic (exact) mass is 425 g/mol.